The average Bonchev–Trinajstić information content (AvgIpc) is 2.17. The van der Waals surface area contributed by atoms with Gasteiger partial charge in [0.05, 0.1) is 6.04 Å². The van der Waals surface area contributed by atoms with Crippen LogP contribution in [0.15, 0.2) is 18.2 Å². The predicted molar refractivity (Wildman–Crippen MR) is 67.9 cm³/mol. The summed E-state index contributed by atoms with van der Waals surface area (Å²) in [5.74, 6) is 5.15. The summed E-state index contributed by atoms with van der Waals surface area (Å²) in [5.41, 5.74) is 3.26. The lowest BCUT2D eigenvalue weighted by atomic mass is 10.1. The molecule has 0 aromatic heterocycles. The van der Waals surface area contributed by atoms with Gasteiger partial charge < -0.3 is 10.7 Å². The molecule has 0 radical (unpaired) electrons. The Kier molecular flexibility index (Phi) is 4.60. The van der Waals surface area contributed by atoms with E-state index < -0.39 is 0 Å². The Balaban J connectivity index is 2.82. The van der Waals surface area contributed by atoms with Crippen molar-refractivity contribution < 1.29 is 0 Å². The zero-order valence-electron chi connectivity index (χ0n) is 8.05. The summed E-state index contributed by atoms with van der Waals surface area (Å²) in [4.78, 5) is 0. The van der Waals surface area contributed by atoms with Gasteiger partial charge in [0.2, 0.25) is 0 Å². The van der Waals surface area contributed by atoms with Crippen molar-refractivity contribution in [2.24, 2.45) is 5.84 Å². The zero-order chi connectivity index (χ0) is 11.4. The molecule has 1 unspecified atom stereocenters. The van der Waals surface area contributed by atoms with Crippen LogP contribution in [0.1, 0.15) is 18.5 Å². The van der Waals surface area contributed by atoms with Crippen molar-refractivity contribution in [3.8, 4) is 0 Å². The fourth-order valence-corrected chi connectivity index (χ4v) is 1.92. The topological polar surface area (TPSA) is 50.1 Å². The Bertz CT molecular complexity index is 370. The number of rotatable bonds is 2. The van der Waals surface area contributed by atoms with E-state index >= 15 is 0 Å². The van der Waals surface area contributed by atoms with Crippen LogP contribution in [0.3, 0.4) is 0 Å². The van der Waals surface area contributed by atoms with Crippen LogP contribution >= 0.6 is 35.4 Å². The summed E-state index contributed by atoms with van der Waals surface area (Å²) < 4.78 is 0. The molecule has 0 bridgehead atoms. The molecule has 0 heterocycles. The van der Waals surface area contributed by atoms with Crippen LogP contribution < -0.4 is 16.6 Å². The van der Waals surface area contributed by atoms with Gasteiger partial charge in [-0.3, -0.25) is 0 Å². The molecule has 4 N–H and O–H groups in total. The van der Waals surface area contributed by atoms with Gasteiger partial charge in [0.1, 0.15) is 0 Å². The number of halogens is 2. The first-order chi connectivity index (χ1) is 7.04. The Morgan fingerprint density at radius 2 is 2.13 bits per heavy atom. The van der Waals surface area contributed by atoms with E-state index in [1.165, 1.54) is 0 Å². The fraction of sp³-hybridized carbons (Fsp3) is 0.222. The lowest BCUT2D eigenvalue weighted by molar-refractivity contribution is 0.704. The van der Waals surface area contributed by atoms with Crippen molar-refractivity contribution in [3.63, 3.8) is 0 Å². The monoisotopic (exact) mass is 263 g/mol. The molecule has 1 aromatic carbocycles. The van der Waals surface area contributed by atoms with E-state index in [4.69, 9.17) is 41.3 Å². The van der Waals surface area contributed by atoms with Crippen LogP contribution in [0, 0.1) is 0 Å². The minimum absolute atomic E-state index is 0.0293. The van der Waals surface area contributed by atoms with Crippen molar-refractivity contribution in [2.75, 3.05) is 0 Å². The highest BCUT2D eigenvalue weighted by Crippen LogP contribution is 2.25. The second-order valence-electron chi connectivity index (χ2n) is 3.01. The van der Waals surface area contributed by atoms with Crippen molar-refractivity contribution in [1.82, 2.24) is 10.7 Å². The highest BCUT2D eigenvalue weighted by atomic mass is 35.5. The first kappa shape index (κ1) is 12.5. The molecule has 0 aliphatic carbocycles. The third-order valence-corrected chi connectivity index (χ3v) is 2.71. The molecule has 1 aromatic rings. The number of hydrogen-bond acceptors (Lipinski definition) is 2. The molecule has 3 nitrogen and oxygen atoms in total. The quantitative estimate of drug-likeness (QED) is 0.436. The number of hydrogen-bond donors (Lipinski definition) is 3. The van der Waals surface area contributed by atoms with Crippen LogP contribution in [0.2, 0.25) is 10.0 Å². The average molecular weight is 264 g/mol. The van der Waals surface area contributed by atoms with Gasteiger partial charge in [-0.05, 0) is 36.8 Å². The SMILES string of the molecule is CC(NC(=S)NN)c1ccc(Cl)cc1Cl. The molecule has 0 amide bonds. The first-order valence-corrected chi connectivity index (χ1v) is 5.43. The predicted octanol–water partition coefficient (Wildman–Crippen LogP) is 2.39. The number of thiocarbonyl (C=S) groups is 1. The molecular weight excluding hydrogens is 253 g/mol. The van der Waals surface area contributed by atoms with E-state index in [1.54, 1.807) is 12.1 Å². The van der Waals surface area contributed by atoms with Crippen LogP contribution in [0.4, 0.5) is 0 Å². The van der Waals surface area contributed by atoms with E-state index in [0.29, 0.717) is 15.2 Å². The van der Waals surface area contributed by atoms with Gasteiger partial charge in [-0.15, -0.1) is 0 Å². The molecule has 0 fully saturated rings. The van der Waals surface area contributed by atoms with E-state index in [1.807, 2.05) is 13.0 Å². The summed E-state index contributed by atoms with van der Waals surface area (Å²) in [6.45, 7) is 1.93. The van der Waals surface area contributed by atoms with Gasteiger partial charge in [0, 0.05) is 10.0 Å². The fourth-order valence-electron chi connectivity index (χ4n) is 1.17. The van der Waals surface area contributed by atoms with E-state index in [0.717, 1.165) is 5.56 Å². The van der Waals surface area contributed by atoms with Crippen molar-refractivity contribution >= 4 is 40.5 Å². The number of nitrogens with two attached hydrogens (primary N) is 1. The molecular formula is C9H11Cl2N3S. The maximum atomic E-state index is 6.03. The van der Waals surface area contributed by atoms with Crippen molar-refractivity contribution in [2.45, 2.75) is 13.0 Å². The zero-order valence-corrected chi connectivity index (χ0v) is 10.4. The van der Waals surface area contributed by atoms with Gasteiger partial charge in [-0.1, -0.05) is 29.3 Å². The normalized spacial score (nSPS) is 12.0. The highest BCUT2D eigenvalue weighted by molar-refractivity contribution is 7.80. The van der Waals surface area contributed by atoms with Gasteiger partial charge in [-0.25, -0.2) is 5.84 Å². The smallest absolute Gasteiger partial charge is 0.181 e. The van der Waals surface area contributed by atoms with Crippen molar-refractivity contribution in [3.05, 3.63) is 33.8 Å². The minimum atomic E-state index is -0.0293. The Hall–Kier alpha value is -0.550. The van der Waals surface area contributed by atoms with E-state index in [9.17, 15) is 0 Å². The number of benzene rings is 1. The first-order valence-electron chi connectivity index (χ1n) is 4.26. The van der Waals surface area contributed by atoms with Gasteiger partial charge in [0.25, 0.3) is 0 Å². The lowest BCUT2D eigenvalue weighted by Gasteiger charge is -2.17. The molecule has 0 aliphatic heterocycles. The lowest BCUT2D eigenvalue weighted by Crippen LogP contribution is -2.40. The summed E-state index contributed by atoms with van der Waals surface area (Å²) in [6, 6.07) is 5.29. The van der Waals surface area contributed by atoms with Gasteiger partial charge >= 0.3 is 0 Å². The van der Waals surface area contributed by atoms with E-state index in [2.05, 4.69) is 10.7 Å². The summed E-state index contributed by atoms with van der Waals surface area (Å²) >= 11 is 16.7. The van der Waals surface area contributed by atoms with Gasteiger partial charge in [-0.2, -0.15) is 0 Å². The maximum Gasteiger partial charge on any atom is 0.181 e. The molecule has 1 rings (SSSR count). The minimum Gasteiger partial charge on any atom is -0.355 e. The second-order valence-corrected chi connectivity index (χ2v) is 4.26. The second kappa shape index (κ2) is 5.51. The highest BCUT2D eigenvalue weighted by Gasteiger charge is 2.10. The van der Waals surface area contributed by atoms with E-state index in [-0.39, 0.29) is 6.04 Å². The maximum absolute atomic E-state index is 6.03. The molecule has 0 aliphatic rings. The molecule has 82 valence electrons. The molecule has 0 saturated heterocycles. The molecule has 6 heteroatoms. The summed E-state index contributed by atoms with van der Waals surface area (Å²) in [6.07, 6.45) is 0. The molecule has 15 heavy (non-hydrogen) atoms. The summed E-state index contributed by atoms with van der Waals surface area (Å²) in [5, 5.41) is 4.55. The Labute approximate surface area is 104 Å². The third kappa shape index (κ3) is 3.50. The Morgan fingerprint density at radius 3 is 2.67 bits per heavy atom. The number of nitrogens with one attached hydrogen (secondary N) is 2. The van der Waals surface area contributed by atoms with Crippen LogP contribution in [0.5, 0.6) is 0 Å². The van der Waals surface area contributed by atoms with Crippen LogP contribution in [-0.4, -0.2) is 5.11 Å². The molecule has 0 saturated carbocycles. The standard InChI is InChI=1S/C9H11Cl2N3S/c1-5(13-9(15)14-12)7-3-2-6(10)4-8(7)11/h2-5H,12H2,1H3,(H2,13,14,15). The van der Waals surface area contributed by atoms with Crippen LogP contribution in [0.25, 0.3) is 0 Å². The largest absolute Gasteiger partial charge is 0.355 e. The molecule has 0 spiro atoms. The van der Waals surface area contributed by atoms with Crippen molar-refractivity contribution in [1.29, 1.82) is 0 Å². The van der Waals surface area contributed by atoms with Gasteiger partial charge in [0.15, 0.2) is 5.11 Å². The summed E-state index contributed by atoms with van der Waals surface area (Å²) in [7, 11) is 0. The molecule has 1 atom stereocenters. The Morgan fingerprint density at radius 1 is 1.47 bits per heavy atom. The third-order valence-electron chi connectivity index (χ3n) is 1.91. The van der Waals surface area contributed by atoms with Crippen LogP contribution in [-0.2, 0) is 0 Å². The number of hydrazine groups is 1.